The van der Waals surface area contributed by atoms with Crippen LogP contribution >= 0.6 is 11.6 Å². The van der Waals surface area contributed by atoms with Gasteiger partial charge in [-0.25, -0.2) is 0 Å². The maximum Gasteiger partial charge on any atom is 0.127 e. The quantitative estimate of drug-likeness (QED) is 0.880. The van der Waals surface area contributed by atoms with Gasteiger partial charge in [-0.3, -0.25) is 4.90 Å². The molecular formula is C20H25ClN2O2. The minimum atomic E-state index is -0.0142. The maximum absolute atomic E-state index is 6.60. The summed E-state index contributed by atoms with van der Waals surface area (Å²) in [6, 6.07) is 13.9. The second kappa shape index (κ2) is 8.56. The molecule has 1 N–H and O–H groups in total. The third kappa shape index (κ3) is 3.92. The highest BCUT2D eigenvalue weighted by molar-refractivity contribution is 6.31. The molecule has 1 heterocycles. The van der Waals surface area contributed by atoms with Gasteiger partial charge in [0.1, 0.15) is 11.5 Å². The number of hydrogen-bond donors (Lipinski definition) is 1. The van der Waals surface area contributed by atoms with E-state index in [1.165, 1.54) is 0 Å². The molecule has 0 radical (unpaired) electrons. The minimum absolute atomic E-state index is 0.0142. The van der Waals surface area contributed by atoms with Gasteiger partial charge in [0.15, 0.2) is 0 Å². The van der Waals surface area contributed by atoms with E-state index in [1.54, 1.807) is 14.2 Å². The maximum atomic E-state index is 6.60. The lowest BCUT2D eigenvalue weighted by Crippen LogP contribution is -2.33. The Morgan fingerprint density at radius 1 is 0.960 bits per heavy atom. The fraction of sp³-hybridized carbons (Fsp3) is 0.400. The first-order chi connectivity index (χ1) is 12.3. The Hall–Kier alpha value is -1.75. The molecule has 2 aromatic carbocycles. The SMILES string of the molecule is COc1cccc(OC)c1C(c1ccccc1Cl)N1CCCNCC1. The summed E-state index contributed by atoms with van der Waals surface area (Å²) in [6.07, 6.45) is 1.10. The molecule has 134 valence electrons. The molecule has 5 heteroatoms. The van der Waals surface area contributed by atoms with Crippen molar-refractivity contribution in [1.82, 2.24) is 10.2 Å². The fourth-order valence-electron chi connectivity index (χ4n) is 3.51. The van der Waals surface area contributed by atoms with Crippen molar-refractivity contribution < 1.29 is 9.47 Å². The molecule has 0 saturated carbocycles. The first-order valence-corrected chi connectivity index (χ1v) is 9.04. The van der Waals surface area contributed by atoms with Gasteiger partial charge in [-0.15, -0.1) is 0 Å². The van der Waals surface area contributed by atoms with Crippen LogP contribution in [0.1, 0.15) is 23.6 Å². The average molecular weight is 361 g/mol. The van der Waals surface area contributed by atoms with Crippen LogP contribution in [0.3, 0.4) is 0 Å². The van der Waals surface area contributed by atoms with E-state index in [0.29, 0.717) is 0 Å². The Bertz CT molecular complexity index is 678. The van der Waals surface area contributed by atoms with E-state index < -0.39 is 0 Å². The van der Waals surface area contributed by atoms with Gasteiger partial charge in [0.05, 0.1) is 25.8 Å². The summed E-state index contributed by atoms with van der Waals surface area (Å²) in [4.78, 5) is 2.46. The summed E-state index contributed by atoms with van der Waals surface area (Å²) in [5, 5.41) is 4.23. The molecule has 1 fully saturated rings. The van der Waals surface area contributed by atoms with Crippen LogP contribution < -0.4 is 14.8 Å². The zero-order valence-corrected chi connectivity index (χ0v) is 15.6. The van der Waals surface area contributed by atoms with Gasteiger partial charge >= 0.3 is 0 Å². The Kier molecular flexibility index (Phi) is 6.19. The van der Waals surface area contributed by atoms with Gasteiger partial charge in [0, 0.05) is 24.7 Å². The van der Waals surface area contributed by atoms with Gasteiger partial charge in [-0.1, -0.05) is 35.9 Å². The van der Waals surface area contributed by atoms with E-state index in [4.69, 9.17) is 21.1 Å². The average Bonchev–Trinajstić information content (AvgIpc) is 2.93. The molecule has 2 aromatic rings. The molecule has 1 unspecified atom stereocenters. The number of hydrogen-bond acceptors (Lipinski definition) is 4. The van der Waals surface area contributed by atoms with E-state index >= 15 is 0 Å². The zero-order chi connectivity index (χ0) is 17.6. The minimum Gasteiger partial charge on any atom is -0.496 e. The lowest BCUT2D eigenvalue weighted by Gasteiger charge is -2.33. The van der Waals surface area contributed by atoms with E-state index in [-0.39, 0.29) is 6.04 Å². The van der Waals surface area contributed by atoms with Crippen molar-refractivity contribution in [3.8, 4) is 11.5 Å². The third-order valence-corrected chi connectivity index (χ3v) is 5.02. The van der Waals surface area contributed by atoms with Crippen molar-refractivity contribution in [2.45, 2.75) is 12.5 Å². The summed E-state index contributed by atoms with van der Waals surface area (Å²) in [7, 11) is 3.40. The van der Waals surface area contributed by atoms with Gasteiger partial charge in [-0.05, 0) is 36.7 Å². The summed E-state index contributed by atoms with van der Waals surface area (Å²) < 4.78 is 11.4. The molecule has 0 aliphatic carbocycles. The molecule has 1 atom stereocenters. The Morgan fingerprint density at radius 3 is 2.36 bits per heavy atom. The molecule has 3 rings (SSSR count). The Morgan fingerprint density at radius 2 is 1.68 bits per heavy atom. The van der Waals surface area contributed by atoms with Gasteiger partial charge in [-0.2, -0.15) is 0 Å². The Labute approximate surface area is 154 Å². The molecule has 0 bridgehead atoms. The van der Waals surface area contributed by atoms with Crippen LogP contribution in [0.4, 0.5) is 0 Å². The standard InChI is InChI=1S/C20H25ClN2O2/c1-24-17-9-5-10-18(25-2)19(17)20(15-7-3-4-8-16(15)21)23-13-6-11-22-12-14-23/h3-5,7-10,20,22H,6,11-14H2,1-2H3. The molecule has 1 aliphatic rings. The number of ether oxygens (including phenoxy) is 2. The van der Waals surface area contributed by atoms with Crippen molar-refractivity contribution in [2.75, 3.05) is 40.4 Å². The summed E-state index contributed by atoms with van der Waals surface area (Å²) >= 11 is 6.60. The molecule has 4 nitrogen and oxygen atoms in total. The molecule has 0 amide bonds. The van der Waals surface area contributed by atoms with Gasteiger partial charge < -0.3 is 14.8 Å². The zero-order valence-electron chi connectivity index (χ0n) is 14.8. The smallest absolute Gasteiger partial charge is 0.127 e. The lowest BCUT2D eigenvalue weighted by atomic mass is 9.94. The van der Waals surface area contributed by atoms with Gasteiger partial charge in [0.2, 0.25) is 0 Å². The lowest BCUT2D eigenvalue weighted by molar-refractivity contribution is 0.231. The van der Waals surface area contributed by atoms with Crippen LogP contribution in [-0.4, -0.2) is 45.3 Å². The van der Waals surface area contributed by atoms with Crippen molar-refractivity contribution in [2.24, 2.45) is 0 Å². The number of nitrogens with zero attached hydrogens (tertiary/aromatic N) is 1. The van der Waals surface area contributed by atoms with Crippen LogP contribution in [0, 0.1) is 0 Å². The molecule has 1 aliphatic heterocycles. The Balaban J connectivity index is 2.16. The topological polar surface area (TPSA) is 33.7 Å². The normalized spacial score (nSPS) is 16.9. The highest BCUT2D eigenvalue weighted by Crippen LogP contribution is 2.42. The van der Waals surface area contributed by atoms with Crippen LogP contribution in [-0.2, 0) is 0 Å². The largest absolute Gasteiger partial charge is 0.496 e. The first kappa shape index (κ1) is 18.1. The molecule has 1 saturated heterocycles. The summed E-state index contributed by atoms with van der Waals surface area (Å²) in [5.41, 5.74) is 2.11. The van der Waals surface area contributed by atoms with Crippen LogP contribution in [0.15, 0.2) is 42.5 Å². The molecule has 0 spiro atoms. The van der Waals surface area contributed by atoms with Crippen molar-refractivity contribution in [3.63, 3.8) is 0 Å². The molecule has 0 aromatic heterocycles. The number of nitrogens with one attached hydrogen (secondary N) is 1. The number of methoxy groups -OCH3 is 2. The fourth-order valence-corrected chi connectivity index (χ4v) is 3.74. The number of benzene rings is 2. The predicted molar refractivity (Wildman–Crippen MR) is 102 cm³/mol. The number of rotatable bonds is 5. The number of halogens is 1. The van der Waals surface area contributed by atoms with E-state index in [9.17, 15) is 0 Å². The van der Waals surface area contributed by atoms with Crippen LogP contribution in [0.5, 0.6) is 11.5 Å². The van der Waals surface area contributed by atoms with E-state index in [0.717, 1.165) is 60.2 Å². The highest BCUT2D eigenvalue weighted by Gasteiger charge is 2.30. The summed E-state index contributed by atoms with van der Waals surface area (Å²) in [6.45, 7) is 3.93. The second-order valence-corrected chi connectivity index (χ2v) is 6.55. The second-order valence-electron chi connectivity index (χ2n) is 6.14. The van der Waals surface area contributed by atoms with Crippen LogP contribution in [0.25, 0.3) is 0 Å². The van der Waals surface area contributed by atoms with E-state index in [2.05, 4.69) is 16.3 Å². The monoisotopic (exact) mass is 360 g/mol. The van der Waals surface area contributed by atoms with Crippen molar-refractivity contribution in [3.05, 3.63) is 58.6 Å². The van der Waals surface area contributed by atoms with Crippen molar-refractivity contribution in [1.29, 1.82) is 0 Å². The predicted octanol–water partition coefficient (Wildman–Crippen LogP) is 3.74. The molecular weight excluding hydrogens is 336 g/mol. The van der Waals surface area contributed by atoms with Gasteiger partial charge in [0.25, 0.3) is 0 Å². The first-order valence-electron chi connectivity index (χ1n) is 8.66. The van der Waals surface area contributed by atoms with Crippen molar-refractivity contribution >= 4 is 11.6 Å². The molecule has 25 heavy (non-hydrogen) atoms. The van der Waals surface area contributed by atoms with E-state index in [1.807, 2.05) is 36.4 Å². The summed E-state index contributed by atoms with van der Waals surface area (Å²) in [5.74, 6) is 1.64. The third-order valence-electron chi connectivity index (χ3n) is 4.68. The highest BCUT2D eigenvalue weighted by atomic mass is 35.5. The van der Waals surface area contributed by atoms with Crippen LogP contribution in [0.2, 0.25) is 5.02 Å².